The van der Waals surface area contributed by atoms with Crippen LogP contribution in [-0.4, -0.2) is 24.2 Å². The molecule has 2 atom stereocenters. The van der Waals surface area contributed by atoms with Crippen molar-refractivity contribution in [1.29, 1.82) is 0 Å². The first-order chi connectivity index (χ1) is 14.0. The molecular formula is C23H27F3N2O2. The Morgan fingerprint density at radius 3 is 2.40 bits per heavy atom. The van der Waals surface area contributed by atoms with Gasteiger partial charge in [-0.15, -0.1) is 0 Å². The van der Waals surface area contributed by atoms with Gasteiger partial charge in [-0.25, -0.2) is 0 Å². The Morgan fingerprint density at radius 1 is 1.13 bits per heavy atom. The number of benzene rings is 2. The van der Waals surface area contributed by atoms with E-state index in [1.807, 2.05) is 39.0 Å². The standard InChI is InChI=1S/C23H27F3N2O2/c1-14(17-6-9-20-19(11-17)22(2,3)21(30)28-20)27-12-16(13-29)10-15-4-7-18(8-5-15)23(24,25)26/h4-9,11,14,16,27,29H,10,12-13H2,1-3H3,(H,28,30). The van der Waals surface area contributed by atoms with Crippen LogP contribution in [0.15, 0.2) is 42.5 Å². The van der Waals surface area contributed by atoms with Gasteiger partial charge in [0.15, 0.2) is 0 Å². The van der Waals surface area contributed by atoms with Crippen molar-refractivity contribution in [3.63, 3.8) is 0 Å². The van der Waals surface area contributed by atoms with Crippen LogP contribution in [0.25, 0.3) is 0 Å². The molecule has 162 valence electrons. The summed E-state index contributed by atoms with van der Waals surface area (Å²) in [7, 11) is 0. The van der Waals surface area contributed by atoms with E-state index in [0.717, 1.165) is 34.5 Å². The van der Waals surface area contributed by atoms with E-state index in [1.54, 1.807) is 0 Å². The topological polar surface area (TPSA) is 61.4 Å². The van der Waals surface area contributed by atoms with Crippen LogP contribution >= 0.6 is 0 Å². The first kappa shape index (κ1) is 22.3. The van der Waals surface area contributed by atoms with Crippen molar-refractivity contribution >= 4 is 11.6 Å². The highest BCUT2D eigenvalue weighted by molar-refractivity contribution is 6.05. The van der Waals surface area contributed by atoms with Crippen LogP contribution in [-0.2, 0) is 22.8 Å². The van der Waals surface area contributed by atoms with Gasteiger partial charge < -0.3 is 15.7 Å². The largest absolute Gasteiger partial charge is 0.416 e. The molecule has 0 bridgehead atoms. The highest BCUT2D eigenvalue weighted by Gasteiger charge is 2.38. The van der Waals surface area contributed by atoms with Crippen LogP contribution in [0.3, 0.4) is 0 Å². The summed E-state index contributed by atoms with van der Waals surface area (Å²) in [6.45, 7) is 6.22. The molecule has 2 aromatic carbocycles. The maximum absolute atomic E-state index is 12.7. The number of halogens is 3. The Balaban J connectivity index is 1.61. The molecular weight excluding hydrogens is 393 g/mol. The van der Waals surface area contributed by atoms with Crippen molar-refractivity contribution in [2.24, 2.45) is 5.92 Å². The number of rotatable bonds is 7. The van der Waals surface area contributed by atoms with E-state index in [0.29, 0.717) is 13.0 Å². The molecule has 3 rings (SSSR count). The summed E-state index contributed by atoms with van der Waals surface area (Å²) >= 11 is 0. The number of carbonyl (C=O) groups excluding carboxylic acids is 1. The number of amides is 1. The Labute approximate surface area is 174 Å². The second-order valence-electron chi connectivity index (χ2n) is 8.46. The Hall–Kier alpha value is -2.38. The van der Waals surface area contributed by atoms with Crippen molar-refractivity contribution in [2.45, 2.75) is 44.8 Å². The minimum Gasteiger partial charge on any atom is -0.396 e. The summed E-state index contributed by atoms with van der Waals surface area (Å²) in [6.07, 6.45) is -3.87. The number of aliphatic hydroxyl groups excluding tert-OH is 1. The van der Waals surface area contributed by atoms with Crippen LogP contribution in [0.5, 0.6) is 0 Å². The summed E-state index contributed by atoms with van der Waals surface area (Å²) in [5, 5.41) is 16.0. The molecule has 2 unspecified atom stereocenters. The zero-order chi connectivity index (χ0) is 22.1. The predicted octanol–water partition coefficient (Wildman–Crippen LogP) is 4.44. The molecule has 1 heterocycles. The van der Waals surface area contributed by atoms with E-state index in [4.69, 9.17) is 0 Å². The number of aliphatic hydroxyl groups is 1. The van der Waals surface area contributed by atoms with Gasteiger partial charge in [0.25, 0.3) is 0 Å². The minimum atomic E-state index is -4.35. The summed E-state index contributed by atoms with van der Waals surface area (Å²) < 4.78 is 38.1. The number of nitrogens with one attached hydrogen (secondary N) is 2. The third-order valence-electron chi connectivity index (χ3n) is 5.81. The van der Waals surface area contributed by atoms with Crippen molar-refractivity contribution in [3.8, 4) is 0 Å². The quantitative estimate of drug-likeness (QED) is 0.621. The third-order valence-corrected chi connectivity index (χ3v) is 5.81. The molecule has 0 saturated carbocycles. The van der Waals surface area contributed by atoms with Crippen LogP contribution in [0, 0.1) is 5.92 Å². The molecule has 0 saturated heterocycles. The molecule has 3 N–H and O–H groups in total. The van der Waals surface area contributed by atoms with E-state index in [1.165, 1.54) is 12.1 Å². The first-order valence-corrected chi connectivity index (χ1v) is 9.98. The fourth-order valence-electron chi connectivity index (χ4n) is 3.68. The van der Waals surface area contributed by atoms with E-state index >= 15 is 0 Å². The summed E-state index contributed by atoms with van der Waals surface area (Å²) in [5.41, 5.74) is 2.32. The lowest BCUT2D eigenvalue weighted by Crippen LogP contribution is -2.29. The van der Waals surface area contributed by atoms with Gasteiger partial charge in [-0.2, -0.15) is 13.2 Å². The smallest absolute Gasteiger partial charge is 0.396 e. The fourth-order valence-corrected chi connectivity index (χ4v) is 3.68. The Morgan fingerprint density at radius 2 is 1.80 bits per heavy atom. The number of alkyl halides is 3. The summed E-state index contributed by atoms with van der Waals surface area (Å²) in [5.74, 6) is -0.148. The second kappa shape index (κ2) is 8.40. The van der Waals surface area contributed by atoms with Crippen LogP contribution in [0.4, 0.5) is 18.9 Å². The molecule has 30 heavy (non-hydrogen) atoms. The average molecular weight is 420 g/mol. The molecule has 1 aliphatic rings. The second-order valence-corrected chi connectivity index (χ2v) is 8.46. The first-order valence-electron chi connectivity index (χ1n) is 9.98. The van der Waals surface area contributed by atoms with Crippen molar-refractivity contribution in [1.82, 2.24) is 5.32 Å². The van der Waals surface area contributed by atoms with Crippen LogP contribution in [0.2, 0.25) is 0 Å². The predicted molar refractivity (Wildman–Crippen MR) is 110 cm³/mol. The summed E-state index contributed by atoms with van der Waals surface area (Å²) in [6, 6.07) is 10.9. The Bertz CT molecular complexity index is 908. The van der Waals surface area contributed by atoms with Gasteiger partial charge in [0.1, 0.15) is 0 Å². The molecule has 7 heteroatoms. The molecule has 0 aliphatic carbocycles. The number of carbonyl (C=O) groups is 1. The lowest BCUT2D eigenvalue weighted by Gasteiger charge is -2.22. The van der Waals surface area contributed by atoms with Crippen molar-refractivity contribution in [3.05, 3.63) is 64.7 Å². The number of hydrogen-bond acceptors (Lipinski definition) is 3. The molecule has 2 aromatic rings. The highest BCUT2D eigenvalue weighted by atomic mass is 19.4. The summed E-state index contributed by atoms with van der Waals surface area (Å²) in [4.78, 5) is 12.1. The Kier molecular flexibility index (Phi) is 6.24. The van der Waals surface area contributed by atoms with Gasteiger partial charge in [-0.3, -0.25) is 4.79 Å². The van der Waals surface area contributed by atoms with Gasteiger partial charge in [-0.05, 0) is 68.0 Å². The molecule has 1 aliphatic heterocycles. The minimum absolute atomic E-state index is 0.0107. The maximum atomic E-state index is 12.7. The SMILES string of the molecule is CC(NCC(CO)Cc1ccc(C(F)(F)F)cc1)c1ccc2c(c1)C(C)(C)C(=O)N2. The van der Waals surface area contributed by atoms with Crippen molar-refractivity contribution < 1.29 is 23.1 Å². The van der Waals surface area contributed by atoms with E-state index in [2.05, 4.69) is 10.6 Å². The number of fused-ring (bicyclic) bond motifs is 1. The van der Waals surface area contributed by atoms with Gasteiger partial charge >= 0.3 is 6.18 Å². The van der Waals surface area contributed by atoms with E-state index < -0.39 is 17.2 Å². The zero-order valence-electron chi connectivity index (χ0n) is 17.3. The lowest BCUT2D eigenvalue weighted by atomic mass is 9.85. The molecule has 0 aromatic heterocycles. The lowest BCUT2D eigenvalue weighted by molar-refractivity contribution is -0.137. The zero-order valence-corrected chi connectivity index (χ0v) is 17.3. The van der Waals surface area contributed by atoms with Crippen LogP contribution < -0.4 is 10.6 Å². The molecule has 0 spiro atoms. The third kappa shape index (κ3) is 4.68. The monoisotopic (exact) mass is 420 g/mol. The van der Waals surface area contributed by atoms with E-state index in [-0.39, 0.29) is 24.5 Å². The fraction of sp³-hybridized carbons (Fsp3) is 0.435. The molecule has 0 fully saturated rings. The maximum Gasteiger partial charge on any atom is 0.416 e. The normalized spacial score (nSPS) is 17.4. The average Bonchev–Trinajstić information content (AvgIpc) is 2.92. The molecule has 1 amide bonds. The van der Waals surface area contributed by atoms with Crippen LogP contribution in [0.1, 0.15) is 49.1 Å². The van der Waals surface area contributed by atoms with Gasteiger partial charge in [0.2, 0.25) is 5.91 Å². The van der Waals surface area contributed by atoms with E-state index in [9.17, 15) is 23.1 Å². The molecule has 4 nitrogen and oxygen atoms in total. The van der Waals surface area contributed by atoms with Gasteiger partial charge in [-0.1, -0.05) is 24.3 Å². The van der Waals surface area contributed by atoms with Gasteiger partial charge in [0.05, 0.1) is 11.0 Å². The highest BCUT2D eigenvalue weighted by Crippen LogP contribution is 2.38. The number of anilines is 1. The van der Waals surface area contributed by atoms with Crippen molar-refractivity contribution in [2.75, 3.05) is 18.5 Å². The molecule has 0 radical (unpaired) electrons. The number of hydrogen-bond donors (Lipinski definition) is 3. The van der Waals surface area contributed by atoms with Gasteiger partial charge in [0, 0.05) is 24.9 Å².